The van der Waals surface area contributed by atoms with Gasteiger partial charge in [0.1, 0.15) is 5.82 Å². The molecule has 2 aromatic rings. The lowest BCUT2D eigenvalue weighted by atomic mass is 10.0. The second-order valence-corrected chi connectivity index (χ2v) is 7.12. The Bertz CT molecular complexity index is 641. The van der Waals surface area contributed by atoms with Gasteiger partial charge >= 0.3 is 0 Å². The summed E-state index contributed by atoms with van der Waals surface area (Å²) in [4.78, 5) is 14.1. The molecule has 1 atom stereocenters. The predicted molar refractivity (Wildman–Crippen MR) is 100 cm³/mol. The van der Waals surface area contributed by atoms with E-state index >= 15 is 0 Å². The van der Waals surface area contributed by atoms with Crippen LogP contribution in [0.15, 0.2) is 42.6 Å². The minimum absolute atomic E-state index is 0.348. The van der Waals surface area contributed by atoms with Gasteiger partial charge in [-0.15, -0.1) is 0 Å². The highest BCUT2D eigenvalue weighted by Crippen LogP contribution is 2.23. The van der Waals surface area contributed by atoms with E-state index in [1.807, 2.05) is 12.3 Å². The molecule has 0 N–H and O–H groups in total. The summed E-state index contributed by atoms with van der Waals surface area (Å²) >= 11 is 0. The highest BCUT2D eigenvalue weighted by atomic mass is 15.3. The lowest BCUT2D eigenvalue weighted by molar-refractivity contribution is 0.444. The number of piperidine rings is 1. The number of hydrogen-bond acceptors (Lipinski definition) is 4. The Kier molecular flexibility index (Phi) is 5.34. The van der Waals surface area contributed by atoms with Crippen LogP contribution in [-0.4, -0.2) is 29.1 Å². The molecule has 0 bridgehead atoms. The number of rotatable bonds is 5. The van der Waals surface area contributed by atoms with Gasteiger partial charge in [-0.3, -0.25) is 0 Å². The lowest BCUT2D eigenvalue weighted by Crippen LogP contribution is -2.36. The summed E-state index contributed by atoms with van der Waals surface area (Å²) in [5.74, 6) is 2.62. The third-order valence-electron chi connectivity index (χ3n) is 4.69. The fourth-order valence-corrected chi connectivity index (χ4v) is 3.32. The number of benzene rings is 1. The molecule has 1 aromatic carbocycles. The Morgan fingerprint density at radius 3 is 2.71 bits per heavy atom. The molecule has 1 aliphatic heterocycles. The molecular formula is C20H28N4. The van der Waals surface area contributed by atoms with Gasteiger partial charge in [0.05, 0.1) is 0 Å². The summed E-state index contributed by atoms with van der Waals surface area (Å²) in [6.45, 7) is 9.74. The van der Waals surface area contributed by atoms with E-state index in [0.717, 1.165) is 37.3 Å². The van der Waals surface area contributed by atoms with Crippen molar-refractivity contribution in [1.29, 1.82) is 0 Å². The molecule has 0 radical (unpaired) electrons. The van der Waals surface area contributed by atoms with E-state index in [0.29, 0.717) is 6.04 Å². The SMILES string of the molecule is CC1CCCN(c2ccnc(N(Cc3ccccc3)C(C)C)n2)C1. The van der Waals surface area contributed by atoms with Gasteiger partial charge in [-0.05, 0) is 44.2 Å². The average Bonchev–Trinajstić information content (AvgIpc) is 2.60. The van der Waals surface area contributed by atoms with Crippen molar-refractivity contribution < 1.29 is 0 Å². The van der Waals surface area contributed by atoms with Gasteiger partial charge in [-0.1, -0.05) is 37.3 Å². The maximum atomic E-state index is 4.89. The number of hydrogen-bond donors (Lipinski definition) is 0. The smallest absolute Gasteiger partial charge is 0.227 e. The molecule has 1 saturated heterocycles. The van der Waals surface area contributed by atoms with Crippen LogP contribution in [0.4, 0.5) is 11.8 Å². The summed E-state index contributed by atoms with van der Waals surface area (Å²) in [5, 5.41) is 0. The van der Waals surface area contributed by atoms with E-state index in [9.17, 15) is 0 Å². The third-order valence-corrected chi connectivity index (χ3v) is 4.69. The van der Waals surface area contributed by atoms with Gasteiger partial charge in [-0.25, -0.2) is 4.98 Å². The first-order valence-corrected chi connectivity index (χ1v) is 9.02. The predicted octanol–water partition coefficient (Wildman–Crippen LogP) is 4.13. The van der Waals surface area contributed by atoms with E-state index in [-0.39, 0.29) is 0 Å². The molecule has 0 saturated carbocycles. The van der Waals surface area contributed by atoms with Crippen LogP contribution in [0.3, 0.4) is 0 Å². The van der Waals surface area contributed by atoms with Gasteiger partial charge in [0.25, 0.3) is 0 Å². The van der Waals surface area contributed by atoms with Crippen LogP contribution in [0, 0.1) is 5.92 Å². The molecule has 0 spiro atoms. The van der Waals surface area contributed by atoms with Gasteiger partial charge in [-0.2, -0.15) is 4.98 Å². The Balaban J connectivity index is 1.82. The van der Waals surface area contributed by atoms with Crippen LogP contribution in [0.5, 0.6) is 0 Å². The van der Waals surface area contributed by atoms with Crippen LogP contribution in [-0.2, 0) is 6.54 Å². The normalized spacial score (nSPS) is 18.0. The minimum atomic E-state index is 0.348. The van der Waals surface area contributed by atoms with Crippen LogP contribution < -0.4 is 9.80 Å². The van der Waals surface area contributed by atoms with E-state index in [1.54, 1.807) is 0 Å². The maximum absolute atomic E-state index is 4.89. The molecule has 4 heteroatoms. The fourth-order valence-electron chi connectivity index (χ4n) is 3.32. The summed E-state index contributed by atoms with van der Waals surface area (Å²) in [6.07, 6.45) is 4.47. The van der Waals surface area contributed by atoms with E-state index in [1.165, 1.54) is 18.4 Å². The second kappa shape index (κ2) is 7.65. The standard InChI is InChI=1S/C20H28N4/c1-16(2)24(15-18-9-5-4-6-10-18)20-21-12-11-19(22-20)23-13-7-8-17(3)14-23/h4-6,9-12,16-17H,7-8,13-15H2,1-3H3. The average molecular weight is 324 g/mol. The van der Waals surface area contributed by atoms with Gasteiger partial charge in [0, 0.05) is 31.9 Å². The fraction of sp³-hybridized carbons (Fsp3) is 0.500. The molecule has 0 aliphatic carbocycles. The summed E-state index contributed by atoms with van der Waals surface area (Å²) in [7, 11) is 0. The zero-order valence-corrected chi connectivity index (χ0v) is 15.0. The van der Waals surface area contributed by atoms with Crippen LogP contribution in [0.1, 0.15) is 39.2 Å². The Morgan fingerprint density at radius 1 is 1.21 bits per heavy atom. The van der Waals surface area contributed by atoms with Crippen LogP contribution in [0.25, 0.3) is 0 Å². The van der Waals surface area contributed by atoms with Crippen molar-refractivity contribution in [2.24, 2.45) is 5.92 Å². The van der Waals surface area contributed by atoms with Crippen molar-refractivity contribution in [1.82, 2.24) is 9.97 Å². The molecule has 0 amide bonds. The van der Waals surface area contributed by atoms with E-state index in [4.69, 9.17) is 4.98 Å². The van der Waals surface area contributed by atoms with Crippen molar-refractivity contribution >= 4 is 11.8 Å². The van der Waals surface area contributed by atoms with Gasteiger partial charge in [0.2, 0.25) is 5.95 Å². The molecule has 1 aliphatic rings. The first kappa shape index (κ1) is 16.7. The molecule has 4 nitrogen and oxygen atoms in total. The molecule has 1 fully saturated rings. The highest BCUT2D eigenvalue weighted by Gasteiger charge is 2.20. The van der Waals surface area contributed by atoms with Crippen molar-refractivity contribution in [3.05, 3.63) is 48.2 Å². The number of nitrogens with zero attached hydrogens (tertiary/aromatic N) is 4. The molecule has 1 aromatic heterocycles. The Hall–Kier alpha value is -2.10. The quantitative estimate of drug-likeness (QED) is 0.828. The second-order valence-electron chi connectivity index (χ2n) is 7.12. The molecular weight excluding hydrogens is 296 g/mol. The van der Waals surface area contributed by atoms with E-state index < -0.39 is 0 Å². The first-order valence-electron chi connectivity index (χ1n) is 9.02. The summed E-state index contributed by atoms with van der Waals surface area (Å²) < 4.78 is 0. The number of anilines is 2. The molecule has 3 rings (SSSR count). The van der Waals surface area contributed by atoms with Crippen LogP contribution in [0.2, 0.25) is 0 Å². The largest absolute Gasteiger partial charge is 0.356 e. The number of aromatic nitrogens is 2. The zero-order chi connectivity index (χ0) is 16.9. The van der Waals surface area contributed by atoms with Gasteiger partial charge in [0.15, 0.2) is 0 Å². The van der Waals surface area contributed by atoms with Crippen molar-refractivity contribution in [3.63, 3.8) is 0 Å². The molecule has 24 heavy (non-hydrogen) atoms. The first-order chi connectivity index (χ1) is 11.6. The topological polar surface area (TPSA) is 32.3 Å². The molecule has 128 valence electrons. The highest BCUT2D eigenvalue weighted by molar-refractivity contribution is 5.45. The Morgan fingerprint density at radius 2 is 2.00 bits per heavy atom. The van der Waals surface area contributed by atoms with E-state index in [2.05, 4.69) is 65.9 Å². The Labute approximate surface area is 145 Å². The van der Waals surface area contributed by atoms with Crippen molar-refractivity contribution in [2.45, 2.75) is 46.2 Å². The molecule has 1 unspecified atom stereocenters. The maximum Gasteiger partial charge on any atom is 0.227 e. The van der Waals surface area contributed by atoms with Crippen molar-refractivity contribution in [3.8, 4) is 0 Å². The third kappa shape index (κ3) is 4.05. The monoisotopic (exact) mass is 324 g/mol. The minimum Gasteiger partial charge on any atom is -0.356 e. The summed E-state index contributed by atoms with van der Waals surface area (Å²) in [5.41, 5.74) is 1.28. The summed E-state index contributed by atoms with van der Waals surface area (Å²) in [6, 6.07) is 12.9. The van der Waals surface area contributed by atoms with Crippen molar-refractivity contribution in [2.75, 3.05) is 22.9 Å². The van der Waals surface area contributed by atoms with Gasteiger partial charge < -0.3 is 9.80 Å². The molecule has 2 heterocycles. The lowest BCUT2D eigenvalue weighted by Gasteiger charge is -2.33. The van der Waals surface area contributed by atoms with Crippen LogP contribution >= 0.6 is 0 Å². The zero-order valence-electron chi connectivity index (χ0n) is 15.0.